The summed E-state index contributed by atoms with van der Waals surface area (Å²) in [5.74, 6) is 0.823. The molecule has 4 heterocycles. The summed E-state index contributed by atoms with van der Waals surface area (Å²) < 4.78 is 1.84. The molecule has 0 atom stereocenters. The number of hydrogen-bond donors (Lipinski definition) is 0. The van der Waals surface area contributed by atoms with Crippen molar-refractivity contribution in [2.24, 2.45) is 0 Å². The maximum atomic E-state index is 13.8. The van der Waals surface area contributed by atoms with Crippen LogP contribution >= 0.6 is 22.7 Å². The van der Waals surface area contributed by atoms with Gasteiger partial charge in [0.05, 0.1) is 30.1 Å². The number of fused-ring (bicyclic) bond motifs is 1. The van der Waals surface area contributed by atoms with Crippen molar-refractivity contribution in [1.82, 2.24) is 14.5 Å². The highest BCUT2D eigenvalue weighted by Crippen LogP contribution is 2.34. The van der Waals surface area contributed by atoms with Crippen LogP contribution in [-0.2, 0) is 13.1 Å². The van der Waals surface area contributed by atoms with Gasteiger partial charge in [-0.2, -0.15) is 5.26 Å². The number of piperidine rings is 1. The van der Waals surface area contributed by atoms with Crippen LogP contribution in [-0.4, -0.2) is 27.5 Å². The van der Waals surface area contributed by atoms with Crippen molar-refractivity contribution in [3.05, 3.63) is 74.5 Å². The molecule has 1 saturated heterocycles. The van der Waals surface area contributed by atoms with Crippen molar-refractivity contribution in [3.8, 4) is 16.5 Å². The van der Waals surface area contributed by atoms with Crippen molar-refractivity contribution >= 4 is 32.9 Å². The fourth-order valence-electron chi connectivity index (χ4n) is 4.15. The number of likely N-dealkylation sites (tertiary alicyclic amines) is 1. The van der Waals surface area contributed by atoms with Gasteiger partial charge in [-0.15, -0.1) is 22.7 Å². The summed E-state index contributed by atoms with van der Waals surface area (Å²) >= 11 is 3.19. The SMILES string of the molecule is N#Cc1ccc(Cn2c(CN3CCCCC3)nc3scc(-c4cccs4)c3c2=O)cc1. The molecule has 4 aromatic rings. The van der Waals surface area contributed by atoms with E-state index in [1.165, 1.54) is 19.3 Å². The number of nitrogens with zero attached hydrogens (tertiary/aromatic N) is 4. The molecule has 1 aliphatic heterocycles. The molecular weight excluding hydrogens is 424 g/mol. The first-order valence-corrected chi connectivity index (χ1v) is 12.2. The third-order valence-corrected chi connectivity index (χ3v) is 7.57. The molecule has 1 fully saturated rings. The van der Waals surface area contributed by atoms with Gasteiger partial charge in [0.2, 0.25) is 0 Å². The summed E-state index contributed by atoms with van der Waals surface area (Å²) in [6.45, 7) is 3.25. The Hall–Kier alpha value is -2.79. The average molecular weight is 447 g/mol. The van der Waals surface area contributed by atoms with E-state index in [0.717, 1.165) is 39.7 Å². The summed E-state index contributed by atoms with van der Waals surface area (Å²) in [5.41, 5.74) is 2.61. The van der Waals surface area contributed by atoms with E-state index in [1.807, 2.05) is 28.1 Å². The second kappa shape index (κ2) is 8.75. The molecule has 1 aromatic carbocycles. The molecule has 0 bridgehead atoms. The van der Waals surface area contributed by atoms with E-state index in [2.05, 4.69) is 22.4 Å². The van der Waals surface area contributed by atoms with Crippen LogP contribution in [0.2, 0.25) is 0 Å². The third-order valence-electron chi connectivity index (χ3n) is 5.80. The summed E-state index contributed by atoms with van der Waals surface area (Å²) in [6, 6.07) is 13.7. The maximum absolute atomic E-state index is 13.8. The fraction of sp³-hybridized carbons (Fsp3) is 0.292. The standard InChI is InChI=1S/C24H22N4OS2/c25-13-17-6-8-18(9-7-17)14-28-21(15-27-10-2-1-3-11-27)26-23-22(24(28)29)19(16-31-23)20-5-4-12-30-20/h4-9,12,16H,1-3,10-11,14-15H2. The molecule has 0 saturated carbocycles. The van der Waals surface area contributed by atoms with Gasteiger partial charge in [-0.25, -0.2) is 4.98 Å². The van der Waals surface area contributed by atoms with Gasteiger partial charge in [0.15, 0.2) is 0 Å². The number of thiophene rings is 2. The second-order valence-electron chi connectivity index (χ2n) is 7.87. The molecule has 0 unspecified atom stereocenters. The molecule has 0 radical (unpaired) electrons. The van der Waals surface area contributed by atoms with E-state index in [0.29, 0.717) is 24.0 Å². The van der Waals surface area contributed by atoms with Crippen LogP contribution in [0, 0.1) is 11.3 Å². The Balaban J connectivity index is 1.61. The molecule has 0 aliphatic carbocycles. The average Bonchev–Trinajstić information content (AvgIpc) is 3.47. The van der Waals surface area contributed by atoms with Gasteiger partial charge >= 0.3 is 0 Å². The van der Waals surface area contributed by atoms with Crippen molar-refractivity contribution in [2.75, 3.05) is 13.1 Å². The van der Waals surface area contributed by atoms with Gasteiger partial charge in [0.25, 0.3) is 5.56 Å². The molecular formula is C24H22N4OS2. The number of rotatable bonds is 5. The van der Waals surface area contributed by atoms with E-state index in [4.69, 9.17) is 10.2 Å². The second-order valence-corrected chi connectivity index (χ2v) is 9.68. The van der Waals surface area contributed by atoms with Crippen LogP contribution in [0.3, 0.4) is 0 Å². The molecule has 5 rings (SSSR count). The Morgan fingerprint density at radius 1 is 1.03 bits per heavy atom. The van der Waals surface area contributed by atoms with Gasteiger partial charge in [-0.05, 0) is 55.1 Å². The smallest absolute Gasteiger partial charge is 0.263 e. The Kier molecular flexibility index (Phi) is 5.68. The van der Waals surface area contributed by atoms with Crippen LogP contribution in [0.4, 0.5) is 0 Å². The summed E-state index contributed by atoms with van der Waals surface area (Å²) in [5, 5.41) is 13.9. The Morgan fingerprint density at radius 3 is 2.55 bits per heavy atom. The van der Waals surface area contributed by atoms with Gasteiger partial charge in [0, 0.05) is 15.8 Å². The number of aromatic nitrogens is 2. The predicted octanol–water partition coefficient (Wildman–Crippen LogP) is 5.09. The van der Waals surface area contributed by atoms with Crippen molar-refractivity contribution in [2.45, 2.75) is 32.4 Å². The van der Waals surface area contributed by atoms with Crippen molar-refractivity contribution < 1.29 is 0 Å². The number of hydrogen-bond acceptors (Lipinski definition) is 6. The van der Waals surface area contributed by atoms with E-state index in [-0.39, 0.29) is 5.56 Å². The van der Waals surface area contributed by atoms with Crippen molar-refractivity contribution in [3.63, 3.8) is 0 Å². The van der Waals surface area contributed by atoms with E-state index < -0.39 is 0 Å². The number of nitriles is 1. The van der Waals surface area contributed by atoms with Gasteiger partial charge in [-0.1, -0.05) is 24.6 Å². The quantitative estimate of drug-likeness (QED) is 0.428. The zero-order chi connectivity index (χ0) is 21.2. The van der Waals surface area contributed by atoms with Crippen LogP contribution in [0.15, 0.2) is 52.0 Å². The molecule has 7 heteroatoms. The lowest BCUT2D eigenvalue weighted by molar-refractivity contribution is 0.212. The summed E-state index contributed by atoms with van der Waals surface area (Å²) in [4.78, 5) is 23.1. The lowest BCUT2D eigenvalue weighted by Gasteiger charge is -2.27. The van der Waals surface area contributed by atoms with Gasteiger partial charge in [-0.3, -0.25) is 14.3 Å². The Labute approximate surface area is 188 Å². The first-order valence-electron chi connectivity index (χ1n) is 10.5. The molecule has 1 aliphatic rings. The minimum absolute atomic E-state index is 0.0195. The Morgan fingerprint density at radius 2 is 1.84 bits per heavy atom. The van der Waals surface area contributed by atoms with Gasteiger partial charge < -0.3 is 0 Å². The van der Waals surface area contributed by atoms with Crippen LogP contribution in [0.5, 0.6) is 0 Å². The minimum Gasteiger partial charge on any atom is -0.296 e. The largest absolute Gasteiger partial charge is 0.296 e. The molecule has 5 nitrogen and oxygen atoms in total. The van der Waals surface area contributed by atoms with Crippen LogP contribution in [0.1, 0.15) is 36.2 Å². The van der Waals surface area contributed by atoms with E-state index >= 15 is 0 Å². The van der Waals surface area contributed by atoms with Crippen LogP contribution in [0.25, 0.3) is 20.7 Å². The highest BCUT2D eigenvalue weighted by Gasteiger charge is 2.20. The number of benzene rings is 1. The lowest BCUT2D eigenvalue weighted by Crippen LogP contribution is -2.34. The monoisotopic (exact) mass is 446 g/mol. The summed E-state index contributed by atoms with van der Waals surface area (Å²) in [7, 11) is 0. The van der Waals surface area contributed by atoms with E-state index in [9.17, 15) is 4.79 Å². The first kappa shape index (κ1) is 20.1. The highest BCUT2D eigenvalue weighted by molar-refractivity contribution is 7.18. The zero-order valence-electron chi connectivity index (χ0n) is 17.1. The first-order chi connectivity index (χ1) is 15.2. The molecule has 156 valence electrons. The minimum atomic E-state index is 0.0195. The highest BCUT2D eigenvalue weighted by atomic mass is 32.1. The third kappa shape index (κ3) is 4.07. The Bertz CT molecular complexity index is 1290. The predicted molar refractivity (Wildman–Crippen MR) is 127 cm³/mol. The molecule has 0 spiro atoms. The fourth-order valence-corrected chi connectivity index (χ4v) is 5.92. The zero-order valence-corrected chi connectivity index (χ0v) is 18.7. The normalized spacial score (nSPS) is 14.7. The molecule has 31 heavy (non-hydrogen) atoms. The van der Waals surface area contributed by atoms with Crippen LogP contribution < -0.4 is 5.56 Å². The summed E-state index contributed by atoms with van der Waals surface area (Å²) in [6.07, 6.45) is 3.67. The lowest BCUT2D eigenvalue weighted by atomic mass is 10.1. The molecule has 0 N–H and O–H groups in total. The van der Waals surface area contributed by atoms with E-state index in [1.54, 1.807) is 34.8 Å². The molecule has 3 aromatic heterocycles. The topological polar surface area (TPSA) is 61.9 Å². The maximum Gasteiger partial charge on any atom is 0.263 e. The van der Waals surface area contributed by atoms with Crippen molar-refractivity contribution in [1.29, 1.82) is 5.26 Å². The van der Waals surface area contributed by atoms with Gasteiger partial charge in [0.1, 0.15) is 10.7 Å². The molecule has 0 amide bonds.